The fourth-order valence-electron chi connectivity index (χ4n) is 5.13. The third-order valence-corrected chi connectivity index (χ3v) is 13.1. The molecule has 1 aliphatic carbocycles. The highest BCUT2D eigenvalue weighted by atomic mass is 28.4. The summed E-state index contributed by atoms with van der Waals surface area (Å²) in [6.07, 6.45) is 3.67. The van der Waals surface area contributed by atoms with E-state index in [2.05, 4.69) is 72.7 Å². The van der Waals surface area contributed by atoms with Crippen LogP contribution >= 0.6 is 0 Å². The maximum absolute atomic E-state index is 11.8. The largest absolute Gasteiger partial charge is 0.407 e. The molecule has 2 amide bonds. The second-order valence-corrected chi connectivity index (χ2v) is 17.0. The maximum atomic E-state index is 11.8. The van der Waals surface area contributed by atoms with E-state index < -0.39 is 8.32 Å². The van der Waals surface area contributed by atoms with Crippen molar-refractivity contribution in [3.8, 4) is 23.2 Å². The van der Waals surface area contributed by atoms with E-state index in [0.717, 1.165) is 41.5 Å². The Labute approximate surface area is 232 Å². The molecule has 1 saturated carbocycles. The van der Waals surface area contributed by atoms with Gasteiger partial charge in [0.1, 0.15) is 17.6 Å². The molecule has 1 unspecified atom stereocenters. The first kappa shape index (κ1) is 27.2. The van der Waals surface area contributed by atoms with Gasteiger partial charge in [0.25, 0.3) is 0 Å². The Morgan fingerprint density at radius 2 is 1.92 bits per heavy atom. The van der Waals surface area contributed by atoms with Crippen LogP contribution in [-0.2, 0) is 11.0 Å². The molecule has 3 heterocycles. The summed E-state index contributed by atoms with van der Waals surface area (Å²) in [5.41, 5.74) is 2.77. The lowest BCUT2D eigenvalue weighted by atomic mass is 10.1. The van der Waals surface area contributed by atoms with Crippen molar-refractivity contribution in [3.05, 3.63) is 59.8 Å². The number of benzene rings is 1. The number of hydrogen-bond acceptors (Lipinski definition) is 5. The Bertz CT molecular complexity index is 1380. The molecule has 1 saturated heterocycles. The van der Waals surface area contributed by atoms with Crippen LogP contribution in [0.2, 0.25) is 18.1 Å². The summed E-state index contributed by atoms with van der Waals surface area (Å²) in [6, 6.07) is 10.1. The van der Waals surface area contributed by atoms with Gasteiger partial charge in [0.05, 0.1) is 6.54 Å². The van der Waals surface area contributed by atoms with E-state index in [1.807, 2.05) is 47.6 Å². The summed E-state index contributed by atoms with van der Waals surface area (Å²) >= 11 is 0. The molecule has 2 fully saturated rings. The normalized spacial score (nSPS) is 21.2. The topological polar surface area (TPSA) is 85.4 Å². The fraction of sp³-hybridized carbons (Fsp3) is 0.500. The van der Waals surface area contributed by atoms with E-state index in [4.69, 9.17) is 8.95 Å². The van der Waals surface area contributed by atoms with Crippen molar-refractivity contribution in [2.45, 2.75) is 58.5 Å². The van der Waals surface area contributed by atoms with Crippen LogP contribution in [0.15, 0.2) is 47.2 Å². The molecule has 0 bridgehead atoms. The number of nitrogens with zero attached hydrogens (tertiary/aromatic N) is 4. The van der Waals surface area contributed by atoms with Gasteiger partial charge in [-0.1, -0.05) is 37.8 Å². The Hall–Kier alpha value is -3.35. The molecule has 1 N–H and O–H groups in total. The number of imidazole rings is 1. The minimum Gasteiger partial charge on any atom is -0.407 e. The molecule has 39 heavy (non-hydrogen) atoms. The molecule has 1 aromatic carbocycles. The van der Waals surface area contributed by atoms with E-state index in [9.17, 15) is 4.79 Å². The van der Waals surface area contributed by atoms with Gasteiger partial charge < -0.3 is 23.7 Å². The van der Waals surface area contributed by atoms with Crippen LogP contribution in [-0.4, -0.2) is 54.1 Å². The molecule has 9 heteroatoms. The number of rotatable bonds is 6. The first-order valence-electron chi connectivity index (χ1n) is 13.7. The van der Waals surface area contributed by atoms with Gasteiger partial charge in [-0.2, -0.15) is 0 Å². The van der Waals surface area contributed by atoms with Crippen molar-refractivity contribution in [1.29, 1.82) is 0 Å². The second kappa shape index (κ2) is 10.3. The zero-order valence-electron chi connectivity index (χ0n) is 24.0. The van der Waals surface area contributed by atoms with Gasteiger partial charge in [-0.15, -0.1) is 0 Å². The number of hydrogen-bond donors (Lipinski definition) is 1. The summed E-state index contributed by atoms with van der Waals surface area (Å²) in [4.78, 5) is 18.2. The average Bonchev–Trinajstić information content (AvgIpc) is 3.38. The van der Waals surface area contributed by atoms with Gasteiger partial charge in [0, 0.05) is 55.6 Å². The zero-order chi connectivity index (χ0) is 27.9. The van der Waals surface area contributed by atoms with Crippen molar-refractivity contribution in [3.63, 3.8) is 0 Å². The standard InChI is InChI=1S/C30H39N5O3Si/c1-20(38-39(6,7)30(2,3)4)28-32-14-15-34(28)17-23-16-27(37-33-23)22-11-8-21(9-12-22)10-13-24-25-18-35(19-26(24)25)29(36)31-5/h8-9,11-12,14-16,20,24-26H,17-19H2,1-7H3,(H,31,36)/t20-,24?,25-,26+/m0/s1. The number of fused-ring (bicyclic) bond motifs is 1. The van der Waals surface area contributed by atoms with Crippen LogP contribution in [0.3, 0.4) is 0 Å². The third-order valence-electron chi connectivity index (χ3n) is 8.53. The van der Waals surface area contributed by atoms with Gasteiger partial charge in [-0.05, 0) is 61.2 Å². The lowest BCUT2D eigenvalue weighted by molar-refractivity contribution is 0.189. The van der Waals surface area contributed by atoms with E-state index in [1.165, 1.54) is 0 Å². The lowest BCUT2D eigenvalue weighted by Crippen LogP contribution is -2.41. The predicted molar refractivity (Wildman–Crippen MR) is 153 cm³/mol. The highest BCUT2D eigenvalue weighted by Crippen LogP contribution is 2.51. The molecular weight excluding hydrogens is 506 g/mol. The molecular formula is C30H39N5O3Si. The summed E-state index contributed by atoms with van der Waals surface area (Å²) in [5, 5.41) is 7.15. The van der Waals surface area contributed by atoms with Gasteiger partial charge in [-0.25, -0.2) is 9.78 Å². The molecule has 2 aliphatic rings. The van der Waals surface area contributed by atoms with Crippen LogP contribution < -0.4 is 5.32 Å². The number of amides is 2. The molecule has 5 rings (SSSR count). The lowest BCUT2D eigenvalue weighted by Gasteiger charge is -2.38. The van der Waals surface area contributed by atoms with Crippen LogP contribution in [0.25, 0.3) is 11.3 Å². The van der Waals surface area contributed by atoms with E-state index in [1.54, 1.807) is 7.05 Å². The Morgan fingerprint density at radius 3 is 2.56 bits per heavy atom. The molecule has 8 nitrogen and oxygen atoms in total. The smallest absolute Gasteiger partial charge is 0.317 e. The number of piperidine rings is 1. The zero-order valence-corrected chi connectivity index (χ0v) is 25.0. The first-order chi connectivity index (χ1) is 18.5. The molecule has 0 spiro atoms. The number of aromatic nitrogens is 3. The van der Waals surface area contributed by atoms with Gasteiger partial charge in [-0.3, -0.25) is 0 Å². The molecule has 0 radical (unpaired) electrons. The van der Waals surface area contributed by atoms with E-state index in [0.29, 0.717) is 24.3 Å². The number of nitrogens with one attached hydrogen (secondary N) is 1. The average molecular weight is 546 g/mol. The van der Waals surface area contributed by atoms with Crippen LogP contribution in [0.5, 0.6) is 0 Å². The van der Waals surface area contributed by atoms with Crippen molar-refractivity contribution in [2.24, 2.45) is 17.8 Å². The number of carbonyl (C=O) groups excluding carboxylic acids is 1. The second-order valence-electron chi connectivity index (χ2n) is 12.3. The van der Waals surface area contributed by atoms with Gasteiger partial charge in [0.2, 0.25) is 0 Å². The van der Waals surface area contributed by atoms with Crippen molar-refractivity contribution in [1.82, 2.24) is 24.9 Å². The molecule has 4 atom stereocenters. The number of carbonyl (C=O) groups is 1. The molecule has 3 aromatic rings. The minimum absolute atomic E-state index is 0.00996. The summed E-state index contributed by atoms with van der Waals surface area (Å²) in [7, 11) is -0.244. The molecule has 2 aromatic heterocycles. The van der Waals surface area contributed by atoms with Gasteiger partial charge in [0.15, 0.2) is 14.1 Å². The van der Waals surface area contributed by atoms with Crippen LogP contribution in [0.4, 0.5) is 4.79 Å². The summed E-state index contributed by atoms with van der Waals surface area (Å²) in [5.74, 6) is 9.77. The van der Waals surface area contributed by atoms with Crippen molar-refractivity contribution < 1.29 is 13.7 Å². The predicted octanol–water partition coefficient (Wildman–Crippen LogP) is 5.54. The Balaban J connectivity index is 1.19. The van der Waals surface area contributed by atoms with Crippen LogP contribution in [0, 0.1) is 29.6 Å². The summed E-state index contributed by atoms with van der Waals surface area (Å²) in [6.45, 7) is 15.5. The monoisotopic (exact) mass is 545 g/mol. The van der Waals surface area contributed by atoms with Crippen LogP contribution in [0.1, 0.15) is 50.9 Å². The quantitative estimate of drug-likeness (QED) is 0.325. The highest BCUT2D eigenvalue weighted by Gasteiger charge is 2.56. The number of urea groups is 1. The van der Waals surface area contributed by atoms with E-state index in [-0.39, 0.29) is 17.2 Å². The number of likely N-dealkylation sites (tertiary alicyclic amines) is 1. The van der Waals surface area contributed by atoms with Crippen molar-refractivity contribution >= 4 is 14.3 Å². The minimum atomic E-state index is -1.92. The van der Waals surface area contributed by atoms with E-state index >= 15 is 0 Å². The maximum Gasteiger partial charge on any atom is 0.317 e. The Morgan fingerprint density at radius 1 is 1.23 bits per heavy atom. The molecule has 1 aliphatic heterocycles. The SMILES string of the molecule is CNC(=O)N1C[C@@H]2C(C#Cc3ccc(-c4cc(Cn5ccnc5[C@H](C)O[Si](C)(C)C(C)(C)C)no4)cc3)[C@@H]2C1. The highest BCUT2D eigenvalue weighted by molar-refractivity contribution is 6.74. The Kier molecular flexibility index (Phi) is 7.20. The van der Waals surface area contributed by atoms with Crippen molar-refractivity contribution in [2.75, 3.05) is 20.1 Å². The molecule has 206 valence electrons. The first-order valence-corrected chi connectivity index (χ1v) is 16.6. The van der Waals surface area contributed by atoms with Gasteiger partial charge >= 0.3 is 6.03 Å². The summed E-state index contributed by atoms with van der Waals surface area (Å²) < 4.78 is 14.3. The third kappa shape index (κ3) is 5.68. The fourth-order valence-corrected chi connectivity index (χ4v) is 6.47.